The molecule has 0 aliphatic carbocycles. The second kappa shape index (κ2) is 8.18. The summed E-state index contributed by atoms with van der Waals surface area (Å²) in [5, 5.41) is 3.06. The number of piperidine rings is 1. The number of primary amides is 1. The number of amides is 3. The van der Waals surface area contributed by atoms with Crippen molar-refractivity contribution in [1.29, 1.82) is 0 Å². The normalized spacial score (nSPS) is 18.2. The Morgan fingerprint density at radius 3 is 2.67 bits per heavy atom. The summed E-state index contributed by atoms with van der Waals surface area (Å²) < 4.78 is 0. The smallest absolute Gasteiger partial charge is 0.317 e. The van der Waals surface area contributed by atoms with Crippen LogP contribution in [0.4, 0.5) is 4.79 Å². The van der Waals surface area contributed by atoms with Crippen LogP contribution in [0.3, 0.4) is 0 Å². The van der Waals surface area contributed by atoms with Crippen LogP contribution >= 0.6 is 0 Å². The van der Waals surface area contributed by atoms with Gasteiger partial charge >= 0.3 is 6.03 Å². The van der Waals surface area contributed by atoms with Gasteiger partial charge in [0.05, 0.1) is 0 Å². The molecule has 0 aromatic heterocycles. The van der Waals surface area contributed by atoms with Crippen LogP contribution in [-0.4, -0.2) is 36.5 Å². The summed E-state index contributed by atoms with van der Waals surface area (Å²) in [6.07, 6.45) is 3.17. The second-order valence-corrected chi connectivity index (χ2v) is 7.61. The minimum atomic E-state index is -0.286. The van der Waals surface area contributed by atoms with E-state index in [9.17, 15) is 9.59 Å². The molecule has 24 heavy (non-hydrogen) atoms. The average molecular weight is 331 g/mol. The fourth-order valence-corrected chi connectivity index (χ4v) is 3.34. The van der Waals surface area contributed by atoms with Gasteiger partial charge in [0.1, 0.15) is 0 Å². The van der Waals surface area contributed by atoms with Gasteiger partial charge in [0.25, 0.3) is 0 Å². The minimum Gasteiger partial charge on any atom is -0.370 e. The van der Waals surface area contributed by atoms with Crippen molar-refractivity contribution in [3.05, 3.63) is 35.9 Å². The lowest BCUT2D eigenvalue weighted by Gasteiger charge is -2.33. The number of urea groups is 1. The Balaban J connectivity index is 1.82. The third-order valence-corrected chi connectivity index (χ3v) is 4.54. The average Bonchev–Trinajstić information content (AvgIpc) is 2.53. The third-order valence-electron chi connectivity index (χ3n) is 4.54. The van der Waals surface area contributed by atoms with Crippen molar-refractivity contribution in [3.63, 3.8) is 0 Å². The SMILES string of the molecule is CC(C)(CNC(=O)N1CCC[C@@H](CC(N)=O)C1)Cc1ccccc1. The Hall–Kier alpha value is -2.04. The maximum absolute atomic E-state index is 12.4. The Morgan fingerprint density at radius 2 is 2.00 bits per heavy atom. The van der Waals surface area contributed by atoms with Crippen LogP contribution in [-0.2, 0) is 11.2 Å². The van der Waals surface area contributed by atoms with Crippen LogP contribution in [0.15, 0.2) is 30.3 Å². The summed E-state index contributed by atoms with van der Waals surface area (Å²) >= 11 is 0. The molecule has 0 bridgehead atoms. The first-order chi connectivity index (χ1) is 11.4. The van der Waals surface area contributed by atoms with Gasteiger partial charge in [-0.15, -0.1) is 0 Å². The third kappa shape index (κ3) is 5.87. The van der Waals surface area contributed by atoms with E-state index in [4.69, 9.17) is 5.73 Å². The number of nitrogens with one attached hydrogen (secondary N) is 1. The highest BCUT2D eigenvalue weighted by Crippen LogP contribution is 2.22. The summed E-state index contributed by atoms with van der Waals surface area (Å²) in [7, 11) is 0. The van der Waals surface area contributed by atoms with E-state index in [1.54, 1.807) is 0 Å². The molecule has 3 N–H and O–H groups in total. The maximum atomic E-state index is 12.4. The first kappa shape index (κ1) is 18.3. The molecule has 5 heteroatoms. The topological polar surface area (TPSA) is 75.4 Å². The van der Waals surface area contributed by atoms with Crippen LogP contribution in [0.1, 0.15) is 38.7 Å². The zero-order valence-electron chi connectivity index (χ0n) is 14.8. The first-order valence-corrected chi connectivity index (χ1v) is 8.71. The molecular weight excluding hydrogens is 302 g/mol. The van der Waals surface area contributed by atoms with Crippen molar-refractivity contribution in [2.24, 2.45) is 17.1 Å². The summed E-state index contributed by atoms with van der Waals surface area (Å²) in [6.45, 7) is 6.31. The van der Waals surface area contributed by atoms with Crippen molar-refractivity contribution in [2.75, 3.05) is 19.6 Å². The van der Waals surface area contributed by atoms with Crippen molar-refractivity contribution >= 4 is 11.9 Å². The number of carbonyl (C=O) groups is 2. The van der Waals surface area contributed by atoms with Gasteiger partial charge in [-0.3, -0.25) is 4.79 Å². The van der Waals surface area contributed by atoms with E-state index in [-0.39, 0.29) is 23.3 Å². The highest BCUT2D eigenvalue weighted by Gasteiger charge is 2.26. The number of carbonyl (C=O) groups excluding carboxylic acids is 2. The fourth-order valence-electron chi connectivity index (χ4n) is 3.34. The summed E-state index contributed by atoms with van der Waals surface area (Å²) in [5.74, 6) is -0.0921. The number of likely N-dealkylation sites (tertiary alicyclic amines) is 1. The number of nitrogens with two attached hydrogens (primary N) is 1. The number of hydrogen-bond donors (Lipinski definition) is 2. The molecule has 132 valence electrons. The van der Waals surface area contributed by atoms with Gasteiger partial charge in [0.15, 0.2) is 0 Å². The fraction of sp³-hybridized carbons (Fsp3) is 0.579. The quantitative estimate of drug-likeness (QED) is 0.840. The lowest BCUT2D eigenvalue weighted by molar-refractivity contribution is -0.119. The van der Waals surface area contributed by atoms with Gasteiger partial charge in [-0.05, 0) is 36.2 Å². The standard InChI is InChI=1S/C19H29N3O2/c1-19(2,12-15-7-4-3-5-8-15)14-21-18(24)22-10-6-9-16(13-22)11-17(20)23/h3-5,7-8,16H,6,9-14H2,1-2H3,(H2,20,23)(H,21,24)/t16-/m0/s1. The van der Waals surface area contributed by atoms with Gasteiger partial charge in [-0.25, -0.2) is 4.79 Å². The van der Waals surface area contributed by atoms with Crippen LogP contribution in [0.2, 0.25) is 0 Å². The highest BCUT2D eigenvalue weighted by molar-refractivity contribution is 5.75. The van der Waals surface area contributed by atoms with Gasteiger partial charge in [0.2, 0.25) is 5.91 Å². The molecule has 1 saturated heterocycles. The molecule has 3 amide bonds. The van der Waals surface area contributed by atoms with Crippen molar-refractivity contribution < 1.29 is 9.59 Å². The minimum absolute atomic E-state index is 0.0145. The van der Waals surface area contributed by atoms with E-state index < -0.39 is 0 Å². The predicted molar refractivity (Wildman–Crippen MR) is 95.4 cm³/mol. The molecule has 1 atom stereocenters. The summed E-state index contributed by atoms with van der Waals surface area (Å²) in [5.41, 5.74) is 6.54. The highest BCUT2D eigenvalue weighted by atomic mass is 16.2. The maximum Gasteiger partial charge on any atom is 0.317 e. The van der Waals surface area contributed by atoms with Crippen LogP contribution in [0, 0.1) is 11.3 Å². The molecule has 5 nitrogen and oxygen atoms in total. The lowest BCUT2D eigenvalue weighted by Crippen LogP contribution is -2.48. The molecule has 1 aromatic carbocycles. The second-order valence-electron chi connectivity index (χ2n) is 7.61. The first-order valence-electron chi connectivity index (χ1n) is 8.71. The van der Waals surface area contributed by atoms with Gasteiger partial charge in [-0.2, -0.15) is 0 Å². The van der Waals surface area contributed by atoms with Gasteiger partial charge < -0.3 is 16.0 Å². The van der Waals surface area contributed by atoms with Crippen LogP contribution in [0.25, 0.3) is 0 Å². The monoisotopic (exact) mass is 331 g/mol. The molecule has 0 spiro atoms. The van der Waals surface area contributed by atoms with Crippen molar-refractivity contribution in [3.8, 4) is 0 Å². The molecule has 0 radical (unpaired) electrons. The summed E-state index contributed by atoms with van der Waals surface area (Å²) in [6, 6.07) is 10.3. The Morgan fingerprint density at radius 1 is 1.29 bits per heavy atom. The molecular formula is C19H29N3O2. The molecule has 1 heterocycles. The molecule has 1 aliphatic heterocycles. The predicted octanol–water partition coefficient (Wildman–Crippen LogP) is 2.55. The van der Waals surface area contributed by atoms with E-state index in [2.05, 4.69) is 31.3 Å². The molecule has 0 saturated carbocycles. The molecule has 1 fully saturated rings. The van der Waals surface area contributed by atoms with Crippen molar-refractivity contribution in [2.45, 2.75) is 39.5 Å². The number of hydrogen-bond acceptors (Lipinski definition) is 2. The number of nitrogens with zero attached hydrogens (tertiary/aromatic N) is 1. The zero-order chi connectivity index (χ0) is 17.6. The molecule has 2 rings (SSSR count). The molecule has 1 aromatic rings. The van der Waals surface area contributed by atoms with E-state index in [0.717, 1.165) is 25.8 Å². The number of rotatable bonds is 6. The van der Waals surface area contributed by atoms with E-state index in [1.807, 2.05) is 23.1 Å². The Labute approximate surface area is 144 Å². The Bertz CT molecular complexity index is 557. The lowest BCUT2D eigenvalue weighted by atomic mass is 9.86. The number of benzene rings is 1. The van der Waals surface area contributed by atoms with Gasteiger partial charge in [-0.1, -0.05) is 44.2 Å². The molecule has 0 unspecified atom stereocenters. The van der Waals surface area contributed by atoms with Crippen LogP contribution < -0.4 is 11.1 Å². The zero-order valence-corrected chi connectivity index (χ0v) is 14.8. The van der Waals surface area contributed by atoms with E-state index in [0.29, 0.717) is 19.5 Å². The van der Waals surface area contributed by atoms with E-state index >= 15 is 0 Å². The van der Waals surface area contributed by atoms with Crippen LogP contribution in [0.5, 0.6) is 0 Å². The largest absolute Gasteiger partial charge is 0.370 e. The van der Waals surface area contributed by atoms with Crippen molar-refractivity contribution in [1.82, 2.24) is 10.2 Å². The summed E-state index contributed by atoms with van der Waals surface area (Å²) in [4.78, 5) is 25.3. The van der Waals surface area contributed by atoms with Gasteiger partial charge in [0, 0.05) is 26.1 Å². The molecule has 1 aliphatic rings. The Kier molecular flexibility index (Phi) is 6.23. The van der Waals surface area contributed by atoms with E-state index in [1.165, 1.54) is 5.56 Å².